The molecule has 0 atom stereocenters. The Morgan fingerprint density at radius 1 is 1.03 bits per heavy atom. The number of ether oxygens (including phenoxy) is 2. The van der Waals surface area contributed by atoms with Crippen LogP contribution >= 0.6 is 0 Å². The molecule has 1 saturated heterocycles. The summed E-state index contributed by atoms with van der Waals surface area (Å²) in [4.78, 5) is 15.1. The van der Waals surface area contributed by atoms with E-state index in [1.807, 2.05) is 60.8 Å². The molecule has 1 aromatic heterocycles. The average Bonchev–Trinajstić information content (AvgIpc) is 3.35. The highest BCUT2D eigenvalue weighted by molar-refractivity contribution is 5.99. The predicted octanol–water partition coefficient (Wildman–Crippen LogP) is 5.63. The average molecular weight is 452 g/mol. The van der Waals surface area contributed by atoms with Gasteiger partial charge in [0.15, 0.2) is 0 Å². The molecule has 0 saturated carbocycles. The van der Waals surface area contributed by atoms with Gasteiger partial charge in [0.1, 0.15) is 0 Å². The smallest absolute Gasteiger partial charge is 0.336 e. The lowest BCUT2D eigenvalue weighted by Crippen LogP contribution is -2.23. The van der Waals surface area contributed by atoms with Crippen LogP contribution in [0.25, 0.3) is 22.0 Å². The Bertz CT molecular complexity index is 1370. The highest BCUT2D eigenvalue weighted by Gasteiger charge is 2.16. The molecule has 0 amide bonds. The van der Waals surface area contributed by atoms with Crippen molar-refractivity contribution in [2.75, 3.05) is 13.2 Å². The van der Waals surface area contributed by atoms with Crippen molar-refractivity contribution < 1.29 is 19.4 Å². The fraction of sp³-hybridized carbons (Fsp3) is 0.207. The summed E-state index contributed by atoms with van der Waals surface area (Å²) < 4.78 is 11.4. The van der Waals surface area contributed by atoms with Crippen molar-refractivity contribution in [1.29, 1.82) is 0 Å². The third-order valence-corrected chi connectivity index (χ3v) is 6.09. The molecule has 5 nitrogen and oxygen atoms in total. The van der Waals surface area contributed by atoms with E-state index < -0.39 is 5.97 Å². The van der Waals surface area contributed by atoms with Gasteiger partial charge in [-0.25, -0.2) is 4.79 Å². The van der Waals surface area contributed by atoms with Gasteiger partial charge in [-0.15, -0.1) is 0 Å². The highest BCUT2D eigenvalue weighted by Crippen LogP contribution is 2.30. The maximum Gasteiger partial charge on any atom is 0.336 e. The van der Waals surface area contributed by atoms with E-state index in [1.54, 1.807) is 12.1 Å². The number of fused-ring (bicyclic) bond motifs is 1. The van der Waals surface area contributed by atoms with E-state index in [0.717, 1.165) is 53.6 Å². The van der Waals surface area contributed by atoms with Crippen LogP contribution in [0.15, 0.2) is 72.9 Å². The molecule has 170 valence electrons. The fourth-order valence-electron chi connectivity index (χ4n) is 4.24. The molecule has 0 unspecified atom stereocenters. The van der Waals surface area contributed by atoms with Crippen LogP contribution in [0.3, 0.4) is 0 Å². The van der Waals surface area contributed by atoms with Crippen LogP contribution in [-0.4, -0.2) is 35.4 Å². The van der Waals surface area contributed by atoms with Gasteiger partial charge in [0.2, 0.25) is 0 Å². The van der Waals surface area contributed by atoms with Crippen molar-refractivity contribution in [1.82, 2.24) is 4.98 Å². The summed E-state index contributed by atoms with van der Waals surface area (Å²) in [6, 6.07) is 21.1. The number of aromatic nitrogens is 1. The Balaban J connectivity index is 1.40. The lowest BCUT2D eigenvalue weighted by molar-refractivity contribution is -0.0390. The first kappa shape index (κ1) is 22.0. The van der Waals surface area contributed by atoms with E-state index in [-0.39, 0.29) is 11.7 Å². The highest BCUT2D eigenvalue weighted by atomic mass is 16.5. The van der Waals surface area contributed by atoms with Crippen molar-refractivity contribution >= 4 is 16.9 Å². The largest absolute Gasteiger partial charge is 0.478 e. The Morgan fingerprint density at radius 3 is 2.65 bits per heavy atom. The Labute approximate surface area is 198 Å². The summed E-state index contributed by atoms with van der Waals surface area (Å²) in [6.45, 7) is 2.11. The molecule has 1 aliphatic rings. The van der Waals surface area contributed by atoms with Crippen molar-refractivity contribution in [3.05, 3.63) is 95.2 Å². The number of carbonyl (C=O) groups is 1. The number of nitrogens with one attached hydrogen (secondary N) is 1. The summed E-state index contributed by atoms with van der Waals surface area (Å²) in [5.41, 5.74) is 5.35. The number of aromatic amines is 1. The summed E-state index contributed by atoms with van der Waals surface area (Å²) in [6.07, 6.45) is 4.02. The Hall–Kier alpha value is -3.85. The van der Waals surface area contributed by atoms with Gasteiger partial charge in [-0.05, 0) is 71.8 Å². The summed E-state index contributed by atoms with van der Waals surface area (Å²) in [7, 11) is 0. The SMILES string of the molecule is O=C(O)c1cccc(C#Cc2ccc(COC3CCOCC3)cc2)c1-c1ccc2[nH]ccc2c1. The van der Waals surface area contributed by atoms with E-state index in [4.69, 9.17) is 9.47 Å². The molecule has 34 heavy (non-hydrogen) atoms. The van der Waals surface area contributed by atoms with Crippen LogP contribution < -0.4 is 0 Å². The molecule has 2 N–H and O–H groups in total. The number of benzene rings is 3. The van der Waals surface area contributed by atoms with E-state index in [9.17, 15) is 9.90 Å². The van der Waals surface area contributed by atoms with Gasteiger partial charge in [0.05, 0.1) is 18.3 Å². The number of aromatic carboxylic acids is 1. The van der Waals surface area contributed by atoms with Crippen molar-refractivity contribution in [3.63, 3.8) is 0 Å². The second-order valence-corrected chi connectivity index (χ2v) is 8.38. The summed E-state index contributed by atoms with van der Waals surface area (Å²) in [5.74, 6) is 5.43. The van der Waals surface area contributed by atoms with Gasteiger partial charge in [0.25, 0.3) is 0 Å². The molecule has 5 heteroatoms. The molecule has 0 bridgehead atoms. The van der Waals surface area contributed by atoms with Crippen molar-refractivity contribution in [3.8, 4) is 23.0 Å². The maximum absolute atomic E-state index is 12.0. The lowest BCUT2D eigenvalue weighted by atomic mass is 9.93. The number of hydrogen-bond donors (Lipinski definition) is 2. The van der Waals surface area contributed by atoms with Gasteiger partial charge >= 0.3 is 5.97 Å². The van der Waals surface area contributed by atoms with Crippen molar-refractivity contribution in [2.45, 2.75) is 25.6 Å². The number of H-pyrrole nitrogens is 1. The zero-order valence-corrected chi connectivity index (χ0v) is 18.7. The van der Waals surface area contributed by atoms with Crippen LogP contribution in [-0.2, 0) is 16.1 Å². The van der Waals surface area contributed by atoms with Crippen LogP contribution in [0.2, 0.25) is 0 Å². The molecule has 0 spiro atoms. The van der Waals surface area contributed by atoms with Crippen molar-refractivity contribution in [2.24, 2.45) is 0 Å². The van der Waals surface area contributed by atoms with Crippen LogP contribution in [0.4, 0.5) is 0 Å². The van der Waals surface area contributed by atoms with Gasteiger partial charge in [-0.3, -0.25) is 0 Å². The quantitative estimate of drug-likeness (QED) is 0.386. The molecule has 3 aromatic carbocycles. The normalized spacial score (nSPS) is 14.0. The Morgan fingerprint density at radius 2 is 1.85 bits per heavy atom. The third-order valence-electron chi connectivity index (χ3n) is 6.09. The zero-order valence-electron chi connectivity index (χ0n) is 18.7. The second kappa shape index (κ2) is 9.96. The third kappa shape index (κ3) is 4.89. The molecule has 0 aliphatic carbocycles. The number of carboxylic acid groups (broad SMARTS) is 1. The first-order valence-corrected chi connectivity index (χ1v) is 11.4. The summed E-state index contributed by atoms with van der Waals surface area (Å²) >= 11 is 0. The first-order valence-electron chi connectivity index (χ1n) is 11.4. The molecule has 0 radical (unpaired) electrons. The molecule has 1 fully saturated rings. The summed E-state index contributed by atoms with van der Waals surface area (Å²) in [5, 5.41) is 10.8. The zero-order chi connectivity index (χ0) is 23.3. The molecule has 4 aromatic rings. The number of rotatable bonds is 5. The predicted molar refractivity (Wildman–Crippen MR) is 132 cm³/mol. The fourth-order valence-corrected chi connectivity index (χ4v) is 4.24. The van der Waals surface area contributed by atoms with E-state index >= 15 is 0 Å². The minimum Gasteiger partial charge on any atom is -0.478 e. The van der Waals surface area contributed by atoms with Gasteiger partial charge in [-0.2, -0.15) is 0 Å². The molecule has 1 aliphatic heterocycles. The second-order valence-electron chi connectivity index (χ2n) is 8.38. The van der Waals surface area contributed by atoms with Crippen LogP contribution in [0, 0.1) is 11.8 Å². The standard InChI is InChI=1S/C29H25NO4/c31-29(32)26-3-1-2-22(28(26)24-10-11-27-23(18-24)12-15-30-27)9-8-20-4-6-21(7-5-20)19-34-25-13-16-33-17-14-25/h1-7,10-12,15,18,25,30H,13-14,16-17,19H2,(H,31,32). The number of hydrogen-bond acceptors (Lipinski definition) is 3. The van der Waals surface area contributed by atoms with Gasteiger partial charge < -0.3 is 19.6 Å². The first-order chi connectivity index (χ1) is 16.7. The van der Waals surface area contributed by atoms with E-state index in [0.29, 0.717) is 17.7 Å². The Kier molecular flexibility index (Phi) is 6.44. The van der Waals surface area contributed by atoms with E-state index in [1.165, 1.54) is 0 Å². The molecular formula is C29H25NO4. The lowest BCUT2D eigenvalue weighted by Gasteiger charge is -2.22. The number of carboxylic acids is 1. The van der Waals surface area contributed by atoms with Gasteiger partial charge in [-0.1, -0.05) is 36.1 Å². The minimum atomic E-state index is -0.971. The monoisotopic (exact) mass is 451 g/mol. The molecular weight excluding hydrogens is 426 g/mol. The van der Waals surface area contributed by atoms with E-state index in [2.05, 4.69) is 16.8 Å². The van der Waals surface area contributed by atoms with Crippen LogP contribution in [0.1, 0.15) is 39.9 Å². The van der Waals surface area contributed by atoms with Gasteiger partial charge in [0, 0.05) is 41.6 Å². The van der Waals surface area contributed by atoms with Crippen LogP contribution in [0.5, 0.6) is 0 Å². The maximum atomic E-state index is 12.0. The topological polar surface area (TPSA) is 71.6 Å². The molecule has 5 rings (SSSR count). The molecule has 2 heterocycles. The minimum absolute atomic E-state index is 0.238.